The lowest BCUT2D eigenvalue weighted by molar-refractivity contribution is -0.114. The molecule has 2 N–H and O–H groups in total. The number of anilines is 2. The van der Waals surface area contributed by atoms with Crippen LogP contribution in [0.1, 0.15) is 37.0 Å². The zero-order chi connectivity index (χ0) is 20.6. The van der Waals surface area contributed by atoms with Crippen LogP contribution in [0, 0.1) is 5.92 Å². The molecule has 0 atom stereocenters. The topological polar surface area (TPSA) is 70.7 Å². The Hall–Kier alpha value is -3.02. The summed E-state index contributed by atoms with van der Waals surface area (Å²) in [6.07, 6.45) is 2.10. The number of likely N-dealkylation sites (tertiary alicyclic amines) is 1. The van der Waals surface area contributed by atoms with Crippen molar-refractivity contribution in [2.75, 3.05) is 36.9 Å². The van der Waals surface area contributed by atoms with Gasteiger partial charge >= 0.3 is 0 Å². The summed E-state index contributed by atoms with van der Waals surface area (Å²) in [6, 6.07) is 14.7. The number of carbonyl (C=O) groups excluding carboxylic acids is 2. The predicted molar refractivity (Wildman–Crippen MR) is 115 cm³/mol. The van der Waals surface area contributed by atoms with Crippen molar-refractivity contribution >= 4 is 23.2 Å². The summed E-state index contributed by atoms with van der Waals surface area (Å²) in [6.45, 7) is 6.36. The van der Waals surface area contributed by atoms with Crippen LogP contribution < -0.4 is 15.4 Å². The Balaban J connectivity index is 1.56. The minimum Gasteiger partial charge on any atom is -0.492 e. The Morgan fingerprint density at radius 2 is 1.86 bits per heavy atom. The summed E-state index contributed by atoms with van der Waals surface area (Å²) in [5.74, 6) is 1.19. The van der Waals surface area contributed by atoms with Crippen molar-refractivity contribution in [3.63, 3.8) is 0 Å². The maximum atomic E-state index is 12.7. The van der Waals surface area contributed by atoms with Crippen LogP contribution in [-0.4, -0.2) is 43.0 Å². The van der Waals surface area contributed by atoms with Gasteiger partial charge < -0.3 is 20.3 Å². The number of amides is 2. The highest BCUT2D eigenvalue weighted by Crippen LogP contribution is 2.23. The fourth-order valence-corrected chi connectivity index (χ4v) is 3.38. The van der Waals surface area contributed by atoms with Crippen molar-refractivity contribution in [3.8, 4) is 5.75 Å². The highest BCUT2D eigenvalue weighted by molar-refractivity contribution is 5.96. The highest BCUT2D eigenvalue weighted by Gasteiger charge is 2.21. The molecule has 6 heteroatoms. The molecule has 2 aromatic carbocycles. The summed E-state index contributed by atoms with van der Waals surface area (Å²) < 4.78 is 5.53. The molecular formula is C23H29N3O3. The van der Waals surface area contributed by atoms with E-state index in [2.05, 4.69) is 17.6 Å². The van der Waals surface area contributed by atoms with Gasteiger partial charge in [0.15, 0.2) is 0 Å². The van der Waals surface area contributed by atoms with E-state index in [0.29, 0.717) is 29.5 Å². The van der Waals surface area contributed by atoms with Crippen LogP contribution in [0.4, 0.5) is 11.4 Å². The molecule has 1 aliphatic heterocycles. The van der Waals surface area contributed by atoms with Crippen LogP contribution >= 0.6 is 0 Å². The van der Waals surface area contributed by atoms with Crippen molar-refractivity contribution in [2.24, 2.45) is 5.92 Å². The highest BCUT2D eigenvalue weighted by atomic mass is 16.5. The van der Waals surface area contributed by atoms with Gasteiger partial charge in [0, 0.05) is 24.3 Å². The molecule has 1 aliphatic rings. The van der Waals surface area contributed by atoms with Gasteiger partial charge in [-0.2, -0.15) is 0 Å². The number of ether oxygens (including phenoxy) is 1. The van der Waals surface area contributed by atoms with Gasteiger partial charge in [-0.1, -0.05) is 25.1 Å². The molecule has 0 radical (unpaired) electrons. The molecule has 0 aromatic heterocycles. The van der Waals surface area contributed by atoms with E-state index in [4.69, 9.17) is 4.74 Å². The summed E-state index contributed by atoms with van der Waals surface area (Å²) in [5.41, 5.74) is 2.03. The standard InChI is InChI=1S/C23H29N3O3/c1-3-29-21-10-5-4-9-20(21)25-22(27)16-24-19-8-6-7-18(15-19)23(28)26-13-11-17(2)12-14-26/h4-10,15,17,24H,3,11-14,16H2,1-2H3,(H,25,27). The van der Waals surface area contributed by atoms with Gasteiger partial charge in [0.1, 0.15) is 5.75 Å². The number of hydrogen-bond acceptors (Lipinski definition) is 4. The average Bonchev–Trinajstić information content (AvgIpc) is 2.74. The molecule has 0 unspecified atom stereocenters. The fourth-order valence-electron chi connectivity index (χ4n) is 3.38. The molecule has 154 valence electrons. The van der Waals surface area contributed by atoms with E-state index >= 15 is 0 Å². The number of rotatable bonds is 7. The fraction of sp³-hybridized carbons (Fsp3) is 0.391. The number of benzene rings is 2. The number of nitrogens with one attached hydrogen (secondary N) is 2. The van der Waals surface area contributed by atoms with Crippen molar-refractivity contribution < 1.29 is 14.3 Å². The first-order chi connectivity index (χ1) is 14.1. The van der Waals surface area contributed by atoms with Gasteiger partial charge in [-0.3, -0.25) is 9.59 Å². The zero-order valence-corrected chi connectivity index (χ0v) is 17.1. The molecule has 1 heterocycles. The Bertz CT molecular complexity index is 845. The van der Waals surface area contributed by atoms with Crippen molar-refractivity contribution in [2.45, 2.75) is 26.7 Å². The molecule has 6 nitrogen and oxygen atoms in total. The smallest absolute Gasteiger partial charge is 0.253 e. The minimum atomic E-state index is -0.182. The molecule has 2 aromatic rings. The third-order valence-corrected chi connectivity index (χ3v) is 5.09. The third kappa shape index (κ3) is 5.73. The second-order valence-electron chi connectivity index (χ2n) is 7.39. The third-order valence-electron chi connectivity index (χ3n) is 5.09. The van der Waals surface area contributed by atoms with Crippen LogP contribution in [0.3, 0.4) is 0 Å². The Labute approximate surface area is 172 Å². The lowest BCUT2D eigenvalue weighted by Gasteiger charge is -2.30. The molecular weight excluding hydrogens is 366 g/mol. The molecule has 3 rings (SSSR count). The normalized spacial score (nSPS) is 14.3. The Morgan fingerprint density at radius 1 is 1.10 bits per heavy atom. The molecule has 1 saturated heterocycles. The molecule has 29 heavy (non-hydrogen) atoms. The summed E-state index contributed by atoms with van der Waals surface area (Å²) >= 11 is 0. The lowest BCUT2D eigenvalue weighted by Crippen LogP contribution is -2.37. The second kappa shape index (κ2) is 9.96. The van der Waals surface area contributed by atoms with E-state index in [-0.39, 0.29) is 18.4 Å². The van der Waals surface area contributed by atoms with Crippen molar-refractivity contribution in [3.05, 3.63) is 54.1 Å². The maximum absolute atomic E-state index is 12.7. The number of para-hydroxylation sites is 2. The largest absolute Gasteiger partial charge is 0.492 e. The van der Waals surface area contributed by atoms with Gasteiger partial charge in [0.25, 0.3) is 5.91 Å². The van der Waals surface area contributed by atoms with E-state index in [1.165, 1.54) is 0 Å². The second-order valence-corrected chi connectivity index (χ2v) is 7.39. The first-order valence-corrected chi connectivity index (χ1v) is 10.2. The van der Waals surface area contributed by atoms with Crippen molar-refractivity contribution in [1.82, 2.24) is 4.90 Å². The predicted octanol–water partition coefficient (Wildman–Crippen LogP) is 4.01. The van der Waals surface area contributed by atoms with E-state index in [0.717, 1.165) is 31.6 Å². The number of hydrogen-bond donors (Lipinski definition) is 2. The maximum Gasteiger partial charge on any atom is 0.253 e. The molecule has 2 amide bonds. The summed E-state index contributed by atoms with van der Waals surface area (Å²) in [5, 5.41) is 5.95. The molecule has 0 saturated carbocycles. The quantitative estimate of drug-likeness (QED) is 0.743. The molecule has 0 bridgehead atoms. The van der Waals surface area contributed by atoms with Crippen LogP contribution in [0.5, 0.6) is 5.75 Å². The number of piperidine rings is 1. The molecule has 0 spiro atoms. The van der Waals surface area contributed by atoms with Gasteiger partial charge in [0.05, 0.1) is 18.8 Å². The summed E-state index contributed by atoms with van der Waals surface area (Å²) in [4.78, 5) is 27.0. The van der Waals surface area contributed by atoms with Crippen LogP contribution in [0.15, 0.2) is 48.5 Å². The van der Waals surface area contributed by atoms with Crippen molar-refractivity contribution in [1.29, 1.82) is 0 Å². The monoisotopic (exact) mass is 395 g/mol. The van der Waals surface area contributed by atoms with E-state index in [1.54, 1.807) is 0 Å². The minimum absolute atomic E-state index is 0.0515. The number of carbonyl (C=O) groups is 2. The van der Waals surface area contributed by atoms with E-state index in [1.807, 2.05) is 60.4 Å². The van der Waals surface area contributed by atoms with Crippen LogP contribution in [0.2, 0.25) is 0 Å². The van der Waals surface area contributed by atoms with Gasteiger partial charge in [0.2, 0.25) is 5.91 Å². The van der Waals surface area contributed by atoms with Gasteiger partial charge in [-0.05, 0) is 56.0 Å². The first-order valence-electron chi connectivity index (χ1n) is 10.2. The van der Waals surface area contributed by atoms with Gasteiger partial charge in [-0.25, -0.2) is 0 Å². The molecule has 1 fully saturated rings. The Kier molecular flexibility index (Phi) is 7.11. The van der Waals surface area contributed by atoms with E-state index < -0.39 is 0 Å². The van der Waals surface area contributed by atoms with Crippen LogP contribution in [0.25, 0.3) is 0 Å². The Morgan fingerprint density at radius 3 is 2.62 bits per heavy atom. The van der Waals surface area contributed by atoms with Gasteiger partial charge in [-0.15, -0.1) is 0 Å². The van der Waals surface area contributed by atoms with Crippen LogP contribution in [-0.2, 0) is 4.79 Å². The average molecular weight is 396 g/mol. The van der Waals surface area contributed by atoms with E-state index in [9.17, 15) is 9.59 Å². The first kappa shape index (κ1) is 20.7. The SMILES string of the molecule is CCOc1ccccc1NC(=O)CNc1cccc(C(=O)N2CCC(C)CC2)c1. The summed E-state index contributed by atoms with van der Waals surface area (Å²) in [7, 11) is 0. The number of nitrogens with zero attached hydrogens (tertiary/aromatic N) is 1. The lowest BCUT2D eigenvalue weighted by atomic mass is 9.98. The molecule has 0 aliphatic carbocycles. The zero-order valence-electron chi connectivity index (χ0n) is 17.1.